The molecule has 1 saturated heterocycles. The first kappa shape index (κ1) is 16.2. The second-order valence-electron chi connectivity index (χ2n) is 5.10. The van der Waals surface area contributed by atoms with Gasteiger partial charge in [0.1, 0.15) is 0 Å². The second kappa shape index (κ2) is 6.87. The van der Waals surface area contributed by atoms with Gasteiger partial charge in [0, 0.05) is 19.2 Å². The quantitative estimate of drug-likeness (QED) is 0.755. The number of piperazine rings is 1. The average Bonchev–Trinajstić information content (AvgIpc) is 3.08. The van der Waals surface area contributed by atoms with Gasteiger partial charge in [-0.05, 0) is 6.92 Å². The van der Waals surface area contributed by atoms with Gasteiger partial charge in [-0.2, -0.15) is 0 Å². The van der Waals surface area contributed by atoms with Gasteiger partial charge in [0.15, 0.2) is 16.7 Å². The van der Waals surface area contributed by atoms with Crippen LogP contribution >= 0.6 is 11.6 Å². The van der Waals surface area contributed by atoms with Crippen LogP contribution in [0.15, 0.2) is 12.3 Å². The van der Waals surface area contributed by atoms with E-state index in [2.05, 4.69) is 25.3 Å². The lowest BCUT2D eigenvalue weighted by Crippen LogP contribution is -2.52. The van der Waals surface area contributed by atoms with Crippen LogP contribution in [0.2, 0.25) is 5.15 Å². The van der Waals surface area contributed by atoms with Gasteiger partial charge in [-0.3, -0.25) is 5.01 Å². The standard InChI is InChI=1S/C13H17ClN8O2/c1-2-24-13(23)9-8-16-22(19-9)21-5-3-20(4-6-21)10-7-11(14)17-18-12(10)15/h7-8H,2-6H2,1H3,(H2,15,18). The third kappa shape index (κ3) is 3.32. The van der Waals surface area contributed by atoms with E-state index >= 15 is 0 Å². The minimum absolute atomic E-state index is 0.189. The molecule has 0 atom stereocenters. The highest BCUT2D eigenvalue weighted by Gasteiger charge is 2.22. The lowest BCUT2D eigenvalue weighted by atomic mass is 10.3. The normalized spacial score (nSPS) is 14.8. The van der Waals surface area contributed by atoms with Crippen molar-refractivity contribution in [3.8, 4) is 0 Å². The van der Waals surface area contributed by atoms with Crippen molar-refractivity contribution in [1.82, 2.24) is 25.3 Å². The van der Waals surface area contributed by atoms with E-state index in [1.54, 1.807) is 13.0 Å². The van der Waals surface area contributed by atoms with Crippen molar-refractivity contribution in [3.63, 3.8) is 0 Å². The average molecular weight is 353 g/mol. The molecule has 0 bridgehead atoms. The predicted octanol–water partition coefficient (Wildman–Crippen LogP) is -0.0614. The first-order chi connectivity index (χ1) is 11.6. The summed E-state index contributed by atoms with van der Waals surface area (Å²) in [6.45, 7) is 4.71. The van der Waals surface area contributed by atoms with Crippen LogP contribution in [0.4, 0.5) is 11.5 Å². The largest absolute Gasteiger partial charge is 0.461 e. The van der Waals surface area contributed by atoms with E-state index in [-0.39, 0.29) is 5.69 Å². The van der Waals surface area contributed by atoms with Crippen LogP contribution < -0.4 is 15.6 Å². The van der Waals surface area contributed by atoms with Gasteiger partial charge >= 0.3 is 5.97 Å². The summed E-state index contributed by atoms with van der Waals surface area (Å²) >= 11 is 5.88. The SMILES string of the molecule is CCOC(=O)c1cnn(N2CCN(c3cc(Cl)nnc3N)CC2)n1. The molecule has 2 N–H and O–H groups in total. The molecule has 1 fully saturated rings. The Hall–Kier alpha value is -2.62. The van der Waals surface area contributed by atoms with Crippen molar-refractivity contribution in [3.05, 3.63) is 23.1 Å². The predicted molar refractivity (Wildman–Crippen MR) is 87.6 cm³/mol. The number of nitrogens with two attached hydrogens (primary N) is 1. The molecule has 0 amide bonds. The molecule has 0 saturated carbocycles. The van der Waals surface area contributed by atoms with Crippen molar-refractivity contribution in [2.24, 2.45) is 0 Å². The molecule has 1 aliphatic heterocycles. The minimum Gasteiger partial charge on any atom is -0.461 e. The molecule has 0 spiro atoms. The van der Waals surface area contributed by atoms with E-state index in [9.17, 15) is 4.79 Å². The third-order valence-electron chi connectivity index (χ3n) is 3.59. The number of ether oxygens (including phenoxy) is 1. The van der Waals surface area contributed by atoms with E-state index < -0.39 is 5.97 Å². The number of esters is 1. The highest BCUT2D eigenvalue weighted by atomic mass is 35.5. The van der Waals surface area contributed by atoms with E-state index in [0.29, 0.717) is 43.8 Å². The van der Waals surface area contributed by atoms with Crippen molar-refractivity contribution < 1.29 is 9.53 Å². The number of carbonyl (C=O) groups excluding carboxylic acids is 1. The van der Waals surface area contributed by atoms with Gasteiger partial charge in [0.05, 0.1) is 31.6 Å². The zero-order valence-electron chi connectivity index (χ0n) is 13.1. The Morgan fingerprint density at radius 2 is 2.08 bits per heavy atom. The smallest absolute Gasteiger partial charge is 0.360 e. The summed E-state index contributed by atoms with van der Waals surface area (Å²) in [5, 5.41) is 18.0. The van der Waals surface area contributed by atoms with Gasteiger partial charge in [0.25, 0.3) is 0 Å². The third-order valence-corrected chi connectivity index (χ3v) is 3.77. The first-order valence-corrected chi connectivity index (χ1v) is 7.84. The molecule has 128 valence electrons. The lowest BCUT2D eigenvalue weighted by Gasteiger charge is -2.36. The van der Waals surface area contributed by atoms with Gasteiger partial charge in [-0.15, -0.1) is 20.4 Å². The fraction of sp³-hybridized carbons (Fsp3) is 0.462. The van der Waals surface area contributed by atoms with E-state index in [0.717, 1.165) is 5.69 Å². The van der Waals surface area contributed by atoms with Crippen molar-refractivity contribution in [2.75, 3.05) is 48.4 Å². The molecule has 0 radical (unpaired) electrons. The number of rotatable bonds is 4. The summed E-state index contributed by atoms with van der Waals surface area (Å²) in [5.41, 5.74) is 6.81. The van der Waals surface area contributed by atoms with Crippen LogP contribution in [0.25, 0.3) is 0 Å². The second-order valence-corrected chi connectivity index (χ2v) is 5.48. The fourth-order valence-corrected chi connectivity index (χ4v) is 2.57. The van der Waals surface area contributed by atoms with Crippen molar-refractivity contribution in [2.45, 2.75) is 6.92 Å². The van der Waals surface area contributed by atoms with Crippen molar-refractivity contribution >= 4 is 29.1 Å². The monoisotopic (exact) mass is 352 g/mol. The van der Waals surface area contributed by atoms with Crippen LogP contribution in [-0.2, 0) is 4.74 Å². The Bertz CT molecular complexity index is 729. The zero-order valence-corrected chi connectivity index (χ0v) is 13.8. The minimum atomic E-state index is -0.479. The van der Waals surface area contributed by atoms with Crippen LogP contribution in [0.3, 0.4) is 0 Å². The topological polar surface area (TPSA) is 115 Å². The molecule has 2 aromatic rings. The molecule has 1 aliphatic rings. The number of nitrogens with zero attached hydrogens (tertiary/aromatic N) is 7. The Balaban J connectivity index is 1.65. The molecular formula is C13H17ClN8O2. The van der Waals surface area contributed by atoms with Crippen LogP contribution in [0, 0.1) is 0 Å². The fourth-order valence-electron chi connectivity index (χ4n) is 2.43. The number of hydrogen-bond donors (Lipinski definition) is 1. The van der Waals surface area contributed by atoms with Gasteiger partial charge in [0.2, 0.25) is 0 Å². The molecule has 0 unspecified atom stereocenters. The molecule has 24 heavy (non-hydrogen) atoms. The van der Waals surface area contributed by atoms with Gasteiger partial charge < -0.3 is 15.4 Å². The number of carbonyl (C=O) groups is 1. The number of hydrogen-bond acceptors (Lipinski definition) is 9. The van der Waals surface area contributed by atoms with Crippen LogP contribution in [0.1, 0.15) is 17.4 Å². The molecule has 2 aromatic heterocycles. The molecule has 10 nitrogen and oxygen atoms in total. The first-order valence-electron chi connectivity index (χ1n) is 7.47. The Morgan fingerprint density at radius 3 is 2.79 bits per heavy atom. The maximum atomic E-state index is 11.6. The zero-order chi connectivity index (χ0) is 17.1. The lowest BCUT2D eigenvalue weighted by molar-refractivity contribution is 0.0518. The van der Waals surface area contributed by atoms with Gasteiger partial charge in [-0.1, -0.05) is 16.5 Å². The maximum Gasteiger partial charge on any atom is 0.360 e. The highest BCUT2D eigenvalue weighted by Crippen LogP contribution is 2.23. The molecule has 0 aliphatic carbocycles. The summed E-state index contributed by atoms with van der Waals surface area (Å²) in [5.74, 6) is -0.137. The van der Waals surface area contributed by atoms with Crippen LogP contribution in [0.5, 0.6) is 0 Å². The highest BCUT2D eigenvalue weighted by molar-refractivity contribution is 6.29. The summed E-state index contributed by atoms with van der Waals surface area (Å²) in [4.78, 5) is 15.1. The van der Waals surface area contributed by atoms with Crippen LogP contribution in [-0.4, -0.2) is 64.1 Å². The molecule has 11 heteroatoms. The number of halogens is 1. The van der Waals surface area contributed by atoms with Gasteiger partial charge in [-0.25, -0.2) is 4.79 Å². The Labute approximate surface area is 143 Å². The summed E-state index contributed by atoms with van der Waals surface area (Å²) in [6.07, 6.45) is 1.40. The van der Waals surface area contributed by atoms with Crippen molar-refractivity contribution in [1.29, 1.82) is 0 Å². The summed E-state index contributed by atoms with van der Waals surface area (Å²) in [6, 6.07) is 1.70. The molecule has 3 heterocycles. The van der Waals surface area contributed by atoms with E-state index in [1.165, 1.54) is 11.1 Å². The number of anilines is 2. The number of nitrogen functional groups attached to an aromatic ring is 1. The maximum absolute atomic E-state index is 11.6. The Kier molecular flexibility index (Phi) is 4.65. The molecule has 3 rings (SSSR count). The molecular weight excluding hydrogens is 336 g/mol. The summed E-state index contributed by atoms with van der Waals surface area (Å²) in [7, 11) is 0. The molecule has 0 aromatic carbocycles. The Morgan fingerprint density at radius 1 is 1.33 bits per heavy atom. The van der Waals surface area contributed by atoms with E-state index in [4.69, 9.17) is 22.1 Å². The number of aromatic nitrogens is 5. The van der Waals surface area contributed by atoms with E-state index in [1.807, 2.05) is 5.01 Å². The summed E-state index contributed by atoms with van der Waals surface area (Å²) < 4.78 is 4.91.